The molecule has 1 aliphatic rings. The van der Waals surface area contributed by atoms with Crippen molar-refractivity contribution >= 4 is 24.4 Å². The first-order valence-electron chi connectivity index (χ1n) is 11.6. The minimum absolute atomic E-state index is 0.0269. The van der Waals surface area contributed by atoms with Crippen molar-refractivity contribution < 1.29 is 45.2 Å². The Balaban J connectivity index is 1.71. The fourth-order valence-electron chi connectivity index (χ4n) is 3.80. The molecule has 0 radical (unpaired) electrons. The molecule has 0 spiro atoms. The number of primary amides is 1. The summed E-state index contributed by atoms with van der Waals surface area (Å²) in [5.74, 6) is -1.89. The number of nitrogens with two attached hydrogens (primary N) is 1. The van der Waals surface area contributed by atoms with Crippen LogP contribution >= 0.6 is 0 Å². The number of rotatable bonds is 7. The second-order valence-electron chi connectivity index (χ2n) is 10.1. The summed E-state index contributed by atoms with van der Waals surface area (Å²) in [6.45, 7) is 7.63. The van der Waals surface area contributed by atoms with Crippen LogP contribution in [0.1, 0.15) is 49.9 Å². The van der Waals surface area contributed by atoms with Gasteiger partial charge in [-0.25, -0.2) is 0 Å². The highest BCUT2D eigenvalue weighted by Crippen LogP contribution is 2.37. The predicted octanol–water partition coefficient (Wildman–Crippen LogP) is 3.78. The predicted molar refractivity (Wildman–Crippen MR) is 127 cm³/mol. The van der Waals surface area contributed by atoms with Crippen molar-refractivity contribution in [2.24, 2.45) is 5.73 Å². The van der Waals surface area contributed by atoms with Crippen molar-refractivity contribution in [1.82, 2.24) is 5.32 Å². The number of amides is 2. The van der Waals surface area contributed by atoms with Crippen molar-refractivity contribution in [3.63, 3.8) is 0 Å². The molecule has 1 saturated heterocycles. The minimum atomic E-state index is -5.05. The molecule has 13 heteroatoms. The molecule has 38 heavy (non-hydrogen) atoms. The molecule has 6 nitrogen and oxygen atoms in total. The van der Waals surface area contributed by atoms with Gasteiger partial charge in [-0.15, -0.1) is 0 Å². The highest BCUT2D eigenvalue weighted by Gasteiger charge is 2.51. The van der Waals surface area contributed by atoms with E-state index in [0.29, 0.717) is 17.7 Å². The molecule has 1 heterocycles. The zero-order valence-electron chi connectivity index (χ0n) is 21.1. The molecule has 0 aliphatic carbocycles. The van der Waals surface area contributed by atoms with Crippen LogP contribution in [0, 0.1) is 0 Å². The molecule has 3 rings (SSSR count). The summed E-state index contributed by atoms with van der Waals surface area (Å²) in [4.78, 5) is 24.4. The van der Waals surface area contributed by atoms with Crippen LogP contribution in [0.4, 0.5) is 26.3 Å². The van der Waals surface area contributed by atoms with Crippen LogP contribution in [0.25, 0.3) is 0 Å². The number of hydrogen-bond donors (Lipinski definition) is 2. The number of carbonyl (C=O) groups excluding carboxylic acids is 2. The summed E-state index contributed by atoms with van der Waals surface area (Å²) >= 11 is 0. The number of halogens is 6. The van der Waals surface area contributed by atoms with Crippen molar-refractivity contribution in [2.75, 3.05) is 0 Å². The maximum atomic E-state index is 13.1. The molecule has 0 unspecified atom stereocenters. The molecule has 1 atom stereocenters. The van der Waals surface area contributed by atoms with E-state index in [2.05, 4.69) is 5.32 Å². The van der Waals surface area contributed by atoms with Gasteiger partial charge in [0.05, 0.1) is 28.7 Å². The number of alkyl halides is 6. The highest BCUT2D eigenvalue weighted by molar-refractivity contribution is 6.62. The highest BCUT2D eigenvalue weighted by atomic mass is 19.4. The van der Waals surface area contributed by atoms with Crippen LogP contribution < -0.4 is 16.5 Å². The molecule has 2 amide bonds. The lowest BCUT2D eigenvalue weighted by Gasteiger charge is -2.32. The average Bonchev–Trinajstić information content (AvgIpc) is 2.99. The maximum Gasteiger partial charge on any atom is 0.494 e. The third-order valence-electron chi connectivity index (χ3n) is 6.64. The standard InChI is InChI=1S/C25H27BF6N2O4/c1-22(2)23(3,4)38-26(37-22)18-7-5-14(6-8-18)11-19(21(33)36)34-20(35)12-15-9-16(24(27,28)29)13-17(10-15)25(30,31)32/h5-10,13,19H,11-12H2,1-4H3,(H2,33,36)(H,34,35)/t19-/m1/s1. The van der Waals surface area contributed by atoms with Gasteiger partial charge in [-0.05, 0) is 62.5 Å². The largest absolute Gasteiger partial charge is 0.494 e. The lowest BCUT2D eigenvalue weighted by Crippen LogP contribution is -2.46. The van der Waals surface area contributed by atoms with Crippen LogP contribution in [0.3, 0.4) is 0 Å². The summed E-state index contributed by atoms with van der Waals surface area (Å²) in [7, 11) is -0.616. The first kappa shape index (κ1) is 29.5. The summed E-state index contributed by atoms with van der Waals surface area (Å²) in [6, 6.07) is 6.43. The van der Waals surface area contributed by atoms with Gasteiger partial charge < -0.3 is 20.4 Å². The second kappa shape index (κ2) is 10.3. The number of benzene rings is 2. The SMILES string of the molecule is CC1(C)OB(c2ccc(C[C@@H](NC(=O)Cc3cc(C(F)(F)F)cc(C(F)(F)F)c3)C(N)=O)cc2)OC1(C)C. The maximum absolute atomic E-state index is 13.1. The lowest BCUT2D eigenvalue weighted by atomic mass is 9.78. The van der Waals surface area contributed by atoms with E-state index in [1.807, 2.05) is 27.7 Å². The second-order valence-corrected chi connectivity index (χ2v) is 10.1. The Labute approximate surface area is 216 Å². The van der Waals surface area contributed by atoms with Crippen molar-refractivity contribution in [3.05, 3.63) is 64.7 Å². The van der Waals surface area contributed by atoms with E-state index >= 15 is 0 Å². The smallest absolute Gasteiger partial charge is 0.399 e. The Bertz CT molecular complexity index is 1150. The zero-order chi connectivity index (χ0) is 28.7. The van der Waals surface area contributed by atoms with Crippen LogP contribution in [-0.2, 0) is 44.1 Å². The van der Waals surface area contributed by atoms with Gasteiger partial charge in [0.2, 0.25) is 11.8 Å². The quantitative estimate of drug-likeness (QED) is 0.410. The first-order valence-corrected chi connectivity index (χ1v) is 11.6. The Morgan fingerprint density at radius 1 is 0.868 bits per heavy atom. The number of carbonyl (C=O) groups is 2. The van der Waals surface area contributed by atoms with Crippen molar-refractivity contribution in [2.45, 2.75) is 70.1 Å². The first-order chi connectivity index (χ1) is 17.3. The van der Waals surface area contributed by atoms with E-state index < -0.39 is 71.6 Å². The monoisotopic (exact) mass is 544 g/mol. The van der Waals surface area contributed by atoms with Gasteiger partial charge in [0, 0.05) is 6.42 Å². The van der Waals surface area contributed by atoms with Gasteiger partial charge in [-0.2, -0.15) is 26.3 Å². The van der Waals surface area contributed by atoms with Gasteiger partial charge in [0.15, 0.2) is 0 Å². The third-order valence-corrected chi connectivity index (χ3v) is 6.64. The molecular weight excluding hydrogens is 517 g/mol. The number of nitrogens with one attached hydrogen (secondary N) is 1. The third kappa shape index (κ3) is 6.87. The van der Waals surface area contributed by atoms with E-state index in [4.69, 9.17) is 15.0 Å². The molecule has 0 saturated carbocycles. The zero-order valence-corrected chi connectivity index (χ0v) is 21.1. The van der Waals surface area contributed by atoms with Gasteiger partial charge in [-0.1, -0.05) is 24.3 Å². The fourth-order valence-corrected chi connectivity index (χ4v) is 3.80. The summed E-state index contributed by atoms with van der Waals surface area (Å²) in [6.07, 6.45) is -11.0. The molecular formula is C25H27BF6N2O4. The van der Waals surface area contributed by atoms with Crippen LogP contribution in [-0.4, -0.2) is 36.2 Å². The molecule has 2 aromatic rings. The van der Waals surface area contributed by atoms with Crippen LogP contribution in [0.5, 0.6) is 0 Å². The normalized spacial score (nSPS) is 17.8. The van der Waals surface area contributed by atoms with Crippen molar-refractivity contribution in [1.29, 1.82) is 0 Å². The molecule has 1 fully saturated rings. The van der Waals surface area contributed by atoms with E-state index in [1.165, 1.54) is 0 Å². The molecule has 1 aliphatic heterocycles. The average molecular weight is 544 g/mol. The van der Waals surface area contributed by atoms with Crippen LogP contribution in [0.15, 0.2) is 42.5 Å². The Morgan fingerprint density at radius 2 is 1.34 bits per heavy atom. The van der Waals surface area contributed by atoms with E-state index in [-0.39, 0.29) is 12.5 Å². The topological polar surface area (TPSA) is 90.6 Å². The molecule has 2 aromatic carbocycles. The van der Waals surface area contributed by atoms with Gasteiger partial charge in [0.1, 0.15) is 6.04 Å². The Kier molecular flexibility index (Phi) is 7.96. The fraction of sp³-hybridized carbons (Fsp3) is 0.440. The van der Waals surface area contributed by atoms with Gasteiger partial charge in [-0.3, -0.25) is 9.59 Å². The summed E-state index contributed by atoms with van der Waals surface area (Å²) < 4.78 is 90.5. The van der Waals surface area contributed by atoms with E-state index in [9.17, 15) is 35.9 Å². The summed E-state index contributed by atoms with van der Waals surface area (Å²) in [5, 5.41) is 2.30. The van der Waals surface area contributed by atoms with Crippen molar-refractivity contribution in [3.8, 4) is 0 Å². The Morgan fingerprint density at radius 3 is 1.76 bits per heavy atom. The molecule has 206 valence electrons. The van der Waals surface area contributed by atoms with E-state index in [1.54, 1.807) is 24.3 Å². The molecule has 0 aromatic heterocycles. The van der Waals surface area contributed by atoms with E-state index in [0.717, 1.165) is 5.46 Å². The Hall–Kier alpha value is -3.06. The van der Waals surface area contributed by atoms with Gasteiger partial charge >= 0.3 is 19.5 Å². The van der Waals surface area contributed by atoms with Crippen LogP contribution in [0.2, 0.25) is 0 Å². The summed E-state index contributed by atoms with van der Waals surface area (Å²) in [5.41, 5.74) is 2.02. The number of hydrogen-bond acceptors (Lipinski definition) is 4. The lowest BCUT2D eigenvalue weighted by molar-refractivity contribution is -0.143. The van der Waals surface area contributed by atoms with Gasteiger partial charge in [0.25, 0.3) is 0 Å². The minimum Gasteiger partial charge on any atom is -0.399 e. The molecule has 3 N–H and O–H groups in total. The molecule has 0 bridgehead atoms.